The Morgan fingerprint density at radius 1 is 1.04 bits per heavy atom. The lowest BCUT2D eigenvalue weighted by atomic mass is 10.0. The number of thioether (sulfide) groups is 1. The lowest BCUT2D eigenvalue weighted by molar-refractivity contribution is 0.136. The summed E-state index contributed by atoms with van der Waals surface area (Å²) in [5.41, 5.74) is 0.816. The van der Waals surface area contributed by atoms with E-state index in [-0.39, 0.29) is 24.2 Å². The highest BCUT2D eigenvalue weighted by Gasteiger charge is 2.15. The summed E-state index contributed by atoms with van der Waals surface area (Å²) in [6, 6.07) is 17.1. The molecule has 126 valence electrons. The number of rotatable bonds is 8. The summed E-state index contributed by atoms with van der Waals surface area (Å²) in [6.07, 6.45) is 0.481. The Bertz CT molecular complexity index is 551. The molecule has 0 aliphatic rings. The fourth-order valence-electron chi connectivity index (χ4n) is 2.18. The van der Waals surface area contributed by atoms with Crippen LogP contribution in [0.3, 0.4) is 0 Å². The van der Waals surface area contributed by atoms with Gasteiger partial charge < -0.3 is 15.5 Å². The minimum Gasteiger partial charge on any atom is -0.508 e. The second kappa shape index (κ2) is 10.6. The van der Waals surface area contributed by atoms with Crippen molar-refractivity contribution < 1.29 is 10.2 Å². The van der Waals surface area contributed by atoms with Crippen molar-refractivity contribution in [1.82, 2.24) is 5.32 Å². The van der Waals surface area contributed by atoms with Crippen molar-refractivity contribution in [2.75, 3.05) is 12.3 Å². The van der Waals surface area contributed by atoms with Crippen molar-refractivity contribution in [3.05, 3.63) is 60.2 Å². The minimum absolute atomic E-state index is 0. The van der Waals surface area contributed by atoms with Crippen molar-refractivity contribution in [3.63, 3.8) is 0 Å². The number of phenols is 1. The maximum atomic E-state index is 10.3. The molecule has 0 aromatic heterocycles. The molecular weight excluding hydrogens is 330 g/mol. The average molecular weight is 354 g/mol. The lowest BCUT2D eigenvalue weighted by Gasteiger charge is -2.20. The third-order valence-electron chi connectivity index (χ3n) is 3.51. The highest BCUT2D eigenvalue weighted by molar-refractivity contribution is 7.99. The molecule has 2 aromatic rings. The van der Waals surface area contributed by atoms with Crippen LogP contribution in [0, 0.1) is 0 Å². The molecule has 0 aliphatic heterocycles. The van der Waals surface area contributed by atoms with Gasteiger partial charge in [0.25, 0.3) is 0 Å². The average Bonchev–Trinajstić information content (AvgIpc) is 2.55. The second-order valence-corrected chi connectivity index (χ2v) is 6.46. The summed E-state index contributed by atoms with van der Waals surface area (Å²) in [7, 11) is 0. The lowest BCUT2D eigenvalue weighted by Crippen LogP contribution is -2.33. The maximum Gasteiger partial charge on any atom is 0.115 e. The van der Waals surface area contributed by atoms with Crippen LogP contribution in [0.2, 0.25) is 0 Å². The van der Waals surface area contributed by atoms with Crippen LogP contribution in [0.1, 0.15) is 25.0 Å². The van der Waals surface area contributed by atoms with Crippen LogP contribution in [-0.2, 0) is 0 Å². The number of halogens is 1. The van der Waals surface area contributed by atoms with Gasteiger partial charge in [-0.15, -0.1) is 24.2 Å². The summed E-state index contributed by atoms with van der Waals surface area (Å²) in [5, 5.41) is 22.9. The number of nitrogens with one attached hydrogen (secondary N) is 1. The zero-order valence-electron chi connectivity index (χ0n) is 13.2. The summed E-state index contributed by atoms with van der Waals surface area (Å²) < 4.78 is 0. The summed E-state index contributed by atoms with van der Waals surface area (Å²) >= 11 is 1.85. The second-order valence-electron chi connectivity index (χ2n) is 5.29. The molecule has 0 spiro atoms. The molecule has 0 aliphatic carbocycles. The molecule has 0 radical (unpaired) electrons. The first-order valence-corrected chi connectivity index (χ1v) is 8.53. The molecule has 3 nitrogen and oxygen atoms in total. The number of hydrogen-bond donors (Lipinski definition) is 3. The van der Waals surface area contributed by atoms with Crippen LogP contribution in [0.15, 0.2) is 59.5 Å². The van der Waals surface area contributed by atoms with Crippen LogP contribution in [0.5, 0.6) is 5.75 Å². The molecule has 0 fully saturated rings. The minimum atomic E-state index is -0.567. The van der Waals surface area contributed by atoms with Crippen molar-refractivity contribution in [1.29, 1.82) is 0 Å². The smallest absolute Gasteiger partial charge is 0.115 e. The van der Waals surface area contributed by atoms with E-state index in [0.717, 1.165) is 24.3 Å². The van der Waals surface area contributed by atoms with Crippen molar-refractivity contribution in [3.8, 4) is 5.75 Å². The predicted molar refractivity (Wildman–Crippen MR) is 99.6 cm³/mol. The van der Waals surface area contributed by atoms with E-state index >= 15 is 0 Å². The molecule has 2 atom stereocenters. The van der Waals surface area contributed by atoms with E-state index in [4.69, 9.17) is 0 Å². The van der Waals surface area contributed by atoms with Gasteiger partial charge in [0.05, 0.1) is 6.10 Å². The molecule has 0 saturated heterocycles. The summed E-state index contributed by atoms with van der Waals surface area (Å²) in [5.74, 6) is 1.27. The van der Waals surface area contributed by atoms with E-state index in [9.17, 15) is 10.2 Å². The molecule has 2 aromatic carbocycles. The van der Waals surface area contributed by atoms with Crippen molar-refractivity contribution in [2.45, 2.75) is 30.4 Å². The summed E-state index contributed by atoms with van der Waals surface area (Å²) in [4.78, 5) is 1.29. The van der Waals surface area contributed by atoms with E-state index < -0.39 is 6.10 Å². The molecule has 0 bridgehead atoms. The highest BCUT2D eigenvalue weighted by Crippen LogP contribution is 2.20. The number of aliphatic hydroxyl groups excluding tert-OH is 1. The Balaban J connectivity index is 0.00000264. The number of phenolic OH excluding ortho intramolecular Hbond substituents is 1. The molecule has 23 heavy (non-hydrogen) atoms. The Labute approximate surface area is 148 Å². The first-order valence-electron chi connectivity index (χ1n) is 7.55. The Hall–Kier alpha value is -1.20. The first-order chi connectivity index (χ1) is 10.7. The molecule has 0 amide bonds. The molecule has 0 heterocycles. The van der Waals surface area contributed by atoms with Gasteiger partial charge in [-0.3, -0.25) is 0 Å². The van der Waals surface area contributed by atoms with E-state index in [1.165, 1.54) is 4.90 Å². The van der Waals surface area contributed by atoms with E-state index in [1.807, 2.05) is 24.8 Å². The van der Waals surface area contributed by atoms with Crippen LogP contribution in [-0.4, -0.2) is 28.6 Å². The van der Waals surface area contributed by atoms with E-state index in [0.29, 0.717) is 0 Å². The monoisotopic (exact) mass is 353 g/mol. The molecule has 2 unspecified atom stereocenters. The van der Waals surface area contributed by atoms with Crippen LogP contribution >= 0.6 is 24.2 Å². The molecule has 2 rings (SSSR count). The number of benzene rings is 2. The van der Waals surface area contributed by atoms with Crippen LogP contribution < -0.4 is 5.32 Å². The van der Waals surface area contributed by atoms with Crippen molar-refractivity contribution in [2.24, 2.45) is 0 Å². The third-order valence-corrected chi connectivity index (χ3v) is 4.61. The highest BCUT2D eigenvalue weighted by atomic mass is 35.5. The Morgan fingerprint density at radius 3 is 2.35 bits per heavy atom. The fourth-order valence-corrected chi connectivity index (χ4v) is 3.05. The molecule has 0 saturated carbocycles. The fraction of sp³-hybridized carbons (Fsp3) is 0.333. The number of hydrogen-bond acceptors (Lipinski definition) is 4. The van der Waals surface area contributed by atoms with Gasteiger partial charge in [0.15, 0.2) is 0 Å². The van der Waals surface area contributed by atoms with Crippen LogP contribution in [0.4, 0.5) is 0 Å². The predicted octanol–water partition coefficient (Wildman–Crippen LogP) is 4.01. The van der Waals surface area contributed by atoms with Gasteiger partial charge in [0.1, 0.15) is 5.75 Å². The largest absolute Gasteiger partial charge is 0.508 e. The van der Waals surface area contributed by atoms with Crippen molar-refractivity contribution >= 4 is 24.2 Å². The maximum absolute atomic E-state index is 10.3. The summed E-state index contributed by atoms with van der Waals surface area (Å²) in [6.45, 7) is 2.85. The normalized spacial score (nSPS) is 13.1. The first kappa shape index (κ1) is 19.8. The van der Waals surface area contributed by atoms with Gasteiger partial charge in [0, 0.05) is 10.9 Å². The number of aliphatic hydroxyl groups is 1. The topological polar surface area (TPSA) is 52.5 Å². The van der Waals surface area contributed by atoms with Gasteiger partial charge in [-0.1, -0.05) is 30.3 Å². The Morgan fingerprint density at radius 2 is 1.70 bits per heavy atom. The SMILES string of the molecule is CC(NCCCSc1ccccc1)C(O)c1ccc(O)cc1.Cl. The van der Waals surface area contributed by atoms with E-state index in [1.54, 1.807) is 24.3 Å². The zero-order valence-corrected chi connectivity index (χ0v) is 14.8. The van der Waals surface area contributed by atoms with Gasteiger partial charge in [0.2, 0.25) is 0 Å². The van der Waals surface area contributed by atoms with Crippen LogP contribution in [0.25, 0.3) is 0 Å². The Kier molecular flexibility index (Phi) is 9.10. The van der Waals surface area contributed by atoms with Gasteiger partial charge in [-0.25, -0.2) is 0 Å². The van der Waals surface area contributed by atoms with Gasteiger partial charge >= 0.3 is 0 Å². The molecule has 3 N–H and O–H groups in total. The quantitative estimate of drug-likeness (QED) is 0.496. The number of aromatic hydroxyl groups is 1. The standard InChI is InChI=1S/C18H23NO2S.ClH/c1-14(18(21)15-8-10-16(20)11-9-15)19-12-5-13-22-17-6-3-2-4-7-17;/h2-4,6-11,14,18-21H,5,12-13H2,1H3;1H. The van der Waals surface area contributed by atoms with Gasteiger partial charge in [-0.05, 0) is 55.5 Å². The molecule has 5 heteroatoms. The van der Waals surface area contributed by atoms with Gasteiger partial charge in [-0.2, -0.15) is 0 Å². The third kappa shape index (κ3) is 6.83. The zero-order chi connectivity index (χ0) is 15.8. The van der Waals surface area contributed by atoms with E-state index in [2.05, 4.69) is 29.6 Å². The molecular formula is C18H24ClNO2S.